The van der Waals surface area contributed by atoms with E-state index in [0.717, 1.165) is 10.9 Å². The number of rotatable bonds is 0. The van der Waals surface area contributed by atoms with Crippen LogP contribution >= 0.6 is 11.6 Å². The van der Waals surface area contributed by atoms with Crippen LogP contribution in [0.5, 0.6) is 0 Å². The molecule has 0 aliphatic heterocycles. The summed E-state index contributed by atoms with van der Waals surface area (Å²) in [6, 6.07) is 4.90. The van der Waals surface area contributed by atoms with E-state index in [2.05, 4.69) is 4.98 Å². The third-order valence-corrected chi connectivity index (χ3v) is 2.13. The topological polar surface area (TPSA) is 15.8 Å². The summed E-state index contributed by atoms with van der Waals surface area (Å²) in [5.74, 6) is -0.262. The molecule has 0 unspecified atom stereocenters. The van der Waals surface area contributed by atoms with Crippen LogP contribution in [0.3, 0.4) is 0 Å². The van der Waals surface area contributed by atoms with E-state index in [1.165, 1.54) is 6.07 Å². The molecule has 0 bridgehead atoms. The molecular formula is C9H7ClFN. The molecular weight excluding hydrogens is 177 g/mol. The minimum atomic E-state index is -0.262. The maximum Gasteiger partial charge on any atom is 0.147 e. The van der Waals surface area contributed by atoms with Crippen molar-refractivity contribution in [1.29, 1.82) is 0 Å². The van der Waals surface area contributed by atoms with E-state index in [4.69, 9.17) is 11.6 Å². The Kier molecular flexibility index (Phi) is 1.58. The summed E-state index contributed by atoms with van der Waals surface area (Å²) < 4.78 is 13.1. The maximum atomic E-state index is 13.1. The molecule has 0 fully saturated rings. The molecule has 0 radical (unpaired) electrons. The van der Waals surface area contributed by atoms with Crippen molar-refractivity contribution in [1.82, 2.24) is 4.98 Å². The van der Waals surface area contributed by atoms with E-state index in [1.807, 2.05) is 6.92 Å². The SMILES string of the molecule is Cc1ccc(F)c2[nH]c(Cl)cc12. The second kappa shape index (κ2) is 2.49. The highest BCUT2D eigenvalue weighted by atomic mass is 35.5. The fourth-order valence-corrected chi connectivity index (χ4v) is 1.50. The van der Waals surface area contributed by atoms with E-state index in [1.54, 1.807) is 12.1 Å². The molecule has 0 aliphatic rings. The van der Waals surface area contributed by atoms with Gasteiger partial charge < -0.3 is 4.98 Å². The van der Waals surface area contributed by atoms with E-state index in [-0.39, 0.29) is 5.82 Å². The minimum absolute atomic E-state index is 0.262. The summed E-state index contributed by atoms with van der Waals surface area (Å²) >= 11 is 5.70. The van der Waals surface area contributed by atoms with Crippen molar-refractivity contribution >= 4 is 22.5 Å². The van der Waals surface area contributed by atoms with Crippen LogP contribution in [-0.2, 0) is 0 Å². The Morgan fingerprint density at radius 3 is 2.83 bits per heavy atom. The zero-order valence-corrected chi connectivity index (χ0v) is 7.24. The zero-order chi connectivity index (χ0) is 8.72. The van der Waals surface area contributed by atoms with Crippen molar-refractivity contribution in [3.05, 3.63) is 34.7 Å². The molecule has 0 saturated carbocycles. The molecule has 0 spiro atoms. The molecule has 1 aromatic heterocycles. The molecule has 3 heteroatoms. The molecule has 62 valence electrons. The fraction of sp³-hybridized carbons (Fsp3) is 0.111. The average Bonchev–Trinajstić information content (AvgIpc) is 2.41. The number of fused-ring (bicyclic) bond motifs is 1. The lowest BCUT2D eigenvalue weighted by atomic mass is 10.1. The lowest BCUT2D eigenvalue weighted by Gasteiger charge is -1.95. The normalized spacial score (nSPS) is 10.9. The van der Waals surface area contributed by atoms with Gasteiger partial charge in [-0.2, -0.15) is 0 Å². The standard InChI is InChI=1S/C9H7ClFN/c1-5-2-3-7(11)9-6(5)4-8(10)12-9/h2-4,12H,1H3. The van der Waals surface area contributed by atoms with Crippen molar-refractivity contribution in [2.45, 2.75) is 6.92 Å². The van der Waals surface area contributed by atoms with Gasteiger partial charge in [-0.05, 0) is 24.6 Å². The smallest absolute Gasteiger partial charge is 0.147 e. The average molecular weight is 184 g/mol. The number of aromatic nitrogens is 1. The number of benzene rings is 1. The van der Waals surface area contributed by atoms with Crippen LogP contribution in [0, 0.1) is 12.7 Å². The third kappa shape index (κ3) is 0.994. The predicted octanol–water partition coefficient (Wildman–Crippen LogP) is 3.27. The Labute approximate surface area is 74.2 Å². The molecule has 1 aromatic carbocycles. The van der Waals surface area contributed by atoms with Gasteiger partial charge >= 0.3 is 0 Å². The molecule has 2 aromatic rings. The predicted molar refractivity (Wildman–Crippen MR) is 48.0 cm³/mol. The summed E-state index contributed by atoms with van der Waals surface area (Å²) in [6.45, 7) is 1.92. The summed E-state index contributed by atoms with van der Waals surface area (Å²) in [5, 5.41) is 1.32. The molecule has 1 nitrogen and oxygen atoms in total. The summed E-state index contributed by atoms with van der Waals surface area (Å²) in [5.41, 5.74) is 1.51. The Morgan fingerprint density at radius 1 is 1.42 bits per heavy atom. The van der Waals surface area contributed by atoms with Gasteiger partial charge in [0.05, 0.1) is 5.52 Å². The number of aryl methyl sites for hydroxylation is 1. The van der Waals surface area contributed by atoms with Crippen LogP contribution in [0.25, 0.3) is 10.9 Å². The van der Waals surface area contributed by atoms with Crippen molar-refractivity contribution < 1.29 is 4.39 Å². The monoisotopic (exact) mass is 183 g/mol. The number of H-pyrrole nitrogens is 1. The first-order chi connectivity index (χ1) is 5.68. The Morgan fingerprint density at radius 2 is 2.17 bits per heavy atom. The maximum absolute atomic E-state index is 13.1. The van der Waals surface area contributed by atoms with Crippen LogP contribution in [0.15, 0.2) is 18.2 Å². The van der Waals surface area contributed by atoms with Crippen LogP contribution in [-0.4, -0.2) is 4.98 Å². The van der Waals surface area contributed by atoms with Crippen LogP contribution in [0.2, 0.25) is 5.15 Å². The minimum Gasteiger partial charge on any atom is -0.343 e. The highest BCUT2D eigenvalue weighted by Gasteiger charge is 2.05. The van der Waals surface area contributed by atoms with E-state index >= 15 is 0 Å². The third-order valence-electron chi connectivity index (χ3n) is 1.93. The van der Waals surface area contributed by atoms with E-state index in [9.17, 15) is 4.39 Å². The van der Waals surface area contributed by atoms with Gasteiger partial charge in [0.1, 0.15) is 11.0 Å². The van der Waals surface area contributed by atoms with Gasteiger partial charge in [0, 0.05) is 5.39 Å². The van der Waals surface area contributed by atoms with Gasteiger partial charge in [0.2, 0.25) is 0 Å². The van der Waals surface area contributed by atoms with Gasteiger partial charge in [-0.3, -0.25) is 0 Å². The Bertz CT molecular complexity index is 394. The van der Waals surface area contributed by atoms with Gasteiger partial charge in [0.25, 0.3) is 0 Å². The number of hydrogen-bond acceptors (Lipinski definition) is 0. The molecule has 1 N–H and O–H groups in total. The lowest BCUT2D eigenvalue weighted by Crippen LogP contribution is -1.79. The van der Waals surface area contributed by atoms with E-state index in [0.29, 0.717) is 10.7 Å². The number of hydrogen-bond donors (Lipinski definition) is 1. The first kappa shape index (κ1) is 7.62. The van der Waals surface area contributed by atoms with Gasteiger partial charge in [-0.25, -0.2) is 4.39 Å². The number of nitrogens with one attached hydrogen (secondary N) is 1. The second-order valence-electron chi connectivity index (χ2n) is 2.77. The Balaban J connectivity index is 2.93. The molecule has 0 amide bonds. The van der Waals surface area contributed by atoms with E-state index < -0.39 is 0 Å². The van der Waals surface area contributed by atoms with Crippen LogP contribution in [0.1, 0.15) is 5.56 Å². The van der Waals surface area contributed by atoms with Crippen molar-refractivity contribution in [2.75, 3.05) is 0 Å². The number of aromatic amines is 1. The molecule has 0 atom stereocenters. The first-order valence-corrected chi connectivity index (χ1v) is 3.99. The molecule has 12 heavy (non-hydrogen) atoms. The summed E-state index contributed by atoms with van der Waals surface area (Å²) in [6.07, 6.45) is 0. The van der Waals surface area contributed by atoms with Gasteiger partial charge in [0.15, 0.2) is 0 Å². The van der Waals surface area contributed by atoms with Crippen LogP contribution < -0.4 is 0 Å². The molecule has 1 heterocycles. The Hall–Kier alpha value is -1.02. The van der Waals surface area contributed by atoms with Gasteiger partial charge in [-0.15, -0.1) is 0 Å². The van der Waals surface area contributed by atoms with Crippen molar-refractivity contribution in [3.8, 4) is 0 Å². The fourth-order valence-electron chi connectivity index (χ4n) is 1.29. The largest absolute Gasteiger partial charge is 0.343 e. The lowest BCUT2D eigenvalue weighted by molar-refractivity contribution is 0.637. The zero-order valence-electron chi connectivity index (χ0n) is 6.49. The molecule has 2 rings (SSSR count). The highest BCUT2D eigenvalue weighted by molar-refractivity contribution is 6.30. The highest BCUT2D eigenvalue weighted by Crippen LogP contribution is 2.24. The quantitative estimate of drug-likeness (QED) is 0.645. The van der Waals surface area contributed by atoms with Crippen molar-refractivity contribution in [3.63, 3.8) is 0 Å². The molecule has 0 saturated heterocycles. The van der Waals surface area contributed by atoms with Gasteiger partial charge in [-0.1, -0.05) is 17.7 Å². The van der Waals surface area contributed by atoms with Crippen molar-refractivity contribution in [2.24, 2.45) is 0 Å². The van der Waals surface area contributed by atoms with Crippen LogP contribution in [0.4, 0.5) is 4.39 Å². The summed E-state index contributed by atoms with van der Waals surface area (Å²) in [4.78, 5) is 2.76. The molecule has 0 aliphatic carbocycles. The summed E-state index contributed by atoms with van der Waals surface area (Å²) in [7, 11) is 0. The number of halogens is 2. The second-order valence-corrected chi connectivity index (χ2v) is 3.18. The first-order valence-electron chi connectivity index (χ1n) is 3.62.